The summed E-state index contributed by atoms with van der Waals surface area (Å²) in [5.41, 5.74) is 2.55. The lowest BCUT2D eigenvalue weighted by Crippen LogP contribution is -2.28. The number of anilines is 1. The molecule has 154 valence electrons. The second-order valence-corrected chi connectivity index (χ2v) is 9.54. The van der Waals surface area contributed by atoms with E-state index in [4.69, 9.17) is 0 Å². The van der Waals surface area contributed by atoms with Crippen LogP contribution in [0.3, 0.4) is 0 Å². The van der Waals surface area contributed by atoms with E-state index in [0.717, 1.165) is 23.9 Å². The molecule has 30 heavy (non-hydrogen) atoms. The largest absolute Gasteiger partial charge is 0.465 e. The molecule has 0 spiro atoms. The lowest BCUT2D eigenvalue weighted by atomic mass is 10.2. The Bertz CT molecular complexity index is 1240. The third-order valence-corrected chi connectivity index (χ3v) is 8.21. The number of halogens is 3. The van der Waals surface area contributed by atoms with Crippen molar-refractivity contribution in [1.29, 1.82) is 0 Å². The summed E-state index contributed by atoms with van der Waals surface area (Å²) >= 11 is 11.7. The van der Waals surface area contributed by atoms with E-state index in [9.17, 15) is 9.90 Å². The standard InChI is InChI=1S/C17H12Br3N7O2S/c1-2-27(17(28)29)16-23-14-15(30-16)22-11(5-21-14)12-7-26(25-24-12)6-8-3-9(18)13(20)10(19)4-8/h3-5,7H,2,6H2,1H3,(H,28,29). The summed E-state index contributed by atoms with van der Waals surface area (Å²) in [6.45, 7) is 2.56. The maximum atomic E-state index is 11.3. The van der Waals surface area contributed by atoms with Gasteiger partial charge in [0.1, 0.15) is 11.4 Å². The minimum Gasteiger partial charge on any atom is -0.465 e. The van der Waals surface area contributed by atoms with Crippen LogP contribution in [0.15, 0.2) is 37.9 Å². The molecule has 0 radical (unpaired) electrons. The number of carbonyl (C=O) groups is 1. The Kier molecular flexibility index (Phi) is 6.14. The Morgan fingerprint density at radius 1 is 1.20 bits per heavy atom. The molecule has 4 rings (SSSR count). The van der Waals surface area contributed by atoms with Crippen molar-refractivity contribution in [2.24, 2.45) is 0 Å². The molecule has 0 aliphatic carbocycles. The number of fused-ring (bicyclic) bond motifs is 1. The van der Waals surface area contributed by atoms with Crippen LogP contribution in [0.5, 0.6) is 0 Å². The maximum absolute atomic E-state index is 11.3. The molecule has 0 saturated carbocycles. The van der Waals surface area contributed by atoms with Crippen LogP contribution in [0.4, 0.5) is 9.93 Å². The van der Waals surface area contributed by atoms with Crippen molar-refractivity contribution in [1.82, 2.24) is 29.9 Å². The van der Waals surface area contributed by atoms with E-state index in [1.807, 2.05) is 12.1 Å². The second kappa shape index (κ2) is 8.65. The van der Waals surface area contributed by atoms with Gasteiger partial charge >= 0.3 is 6.09 Å². The number of benzene rings is 1. The summed E-state index contributed by atoms with van der Waals surface area (Å²) < 4.78 is 4.53. The van der Waals surface area contributed by atoms with Crippen molar-refractivity contribution in [3.8, 4) is 11.4 Å². The molecular weight excluding hydrogens is 606 g/mol. The van der Waals surface area contributed by atoms with Gasteiger partial charge in [0.2, 0.25) is 0 Å². The van der Waals surface area contributed by atoms with Crippen molar-refractivity contribution in [2.75, 3.05) is 11.4 Å². The summed E-state index contributed by atoms with van der Waals surface area (Å²) in [6.07, 6.45) is 2.28. The summed E-state index contributed by atoms with van der Waals surface area (Å²) in [4.78, 5) is 26.1. The van der Waals surface area contributed by atoms with Crippen molar-refractivity contribution < 1.29 is 9.90 Å². The average Bonchev–Trinajstić information content (AvgIpc) is 3.32. The number of hydrogen-bond donors (Lipinski definition) is 1. The van der Waals surface area contributed by atoms with Crippen LogP contribution < -0.4 is 4.90 Å². The Morgan fingerprint density at radius 2 is 1.93 bits per heavy atom. The quantitative estimate of drug-likeness (QED) is 0.307. The van der Waals surface area contributed by atoms with Gasteiger partial charge in [-0.25, -0.2) is 19.4 Å². The fourth-order valence-corrected chi connectivity index (χ4v) is 5.15. The van der Waals surface area contributed by atoms with E-state index in [1.165, 1.54) is 11.3 Å². The molecule has 0 aliphatic heterocycles. The van der Waals surface area contributed by atoms with Gasteiger partial charge in [0.05, 0.1) is 18.9 Å². The number of hydrogen-bond acceptors (Lipinski definition) is 7. The van der Waals surface area contributed by atoms with Crippen LogP contribution in [0.2, 0.25) is 0 Å². The van der Waals surface area contributed by atoms with Gasteiger partial charge in [0, 0.05) is 20.0 Å². The van der Waals surface area contributed by atoms with Gasteiger partial charge in [0.25, 0.3) is 0 Å². The van der Waals surface area contributed by atoms with E-state index in [-0.39, 0.29) is 0 Å². The highest BCUT2D eigenvalue weighted by molar-refractivity contribution is 9.14. The SMILES string of the molecule is CCN(C(=O)O)c1nc2ncc(-c3cn(Cc4cc(Br)c(Br)c(Br)c4)nn3)nc2s1. The van der Waals surface area contributed by atoms with E-state index >= 15 is 0 Å². The monoisotopic (exact) mass is 615 g/mol. The molecule has 0 unspecified atom stereocenters. The average molecular weight is 618 g/mol. The fourth-order valence-electron chi connectivity index (χ4n) is 2.68. The van der Waals surface area contributed by atoms with Crippen molar-refractivity contribution in [3.05, 3.63) is 43.5 Å². The molecular formula is C17H12Br3N7O2S. The number of rotatable bonds is 5. The Labute approximate surface area is 199 Å². The predicted octanol–water partition coefficient (Wildman–Crippen LogP) is 5.18. The molecule has 3 heterocycles. The second-order valence-electron chi connectivity index (χ2n) is 6.08. The Balaban J connectivity index is 1.60. The summed E-state index contributed by atoms with van der Waals surface area (Å²) in [5.74, 6) is 0. The van der Waals surface area contributed by atoms with Gasteiger partial charge < -0.3 is 5.11 Å². The van der Waals surface area contributed by atoms with Gasteiger partial charge in [-0.3, -0.25) is 4.90 Å². The molecule has 3 aromatic heterocycles. The lowest BCUT2D eigenvalue weighted by Gasteiger charge is -2.11. The molecule has 1 aromatic carbocycles. The van der Waals surface area contributed by atoms with Crippen molar-refractivity contribution >= 4 is 80.8 Å². The number of thiazole rings is 1. The third-order valence-electron chi connectivity index (χ3n) is 4.08. The first kappa shape index (κ1) is 21.3. The first-order valence-electron chi connectivity index (χ1n) is 8.53. The van der Waals surface area contributed by atoms with E-state index in [2.05, 4.69) is 73.1 Å². The molecule has 4 aromatic rings. The first-order valence-corrected chi connectivity index (χ1v) is 11.7. The number of aromatic nitrogens is 6. The van der Waals surface area contributed by atoms with Crippen LogP contribution in [-0.4, -0.2) is 47.7 Å². The highest BCUT2D eigenvalue weighted by Gasteiger charge is 2.19. The van der Waals surface area contributed by atoms with Crippen LogP contribution in [0.1, 0.15) is 12.5 Å². The number of amides is 1. The molecule has 0 fully saturated rings. The highest BCUT2D eigenvalue weighted by atomic mass is 79.9. The van der Waals surface area contributed by atoms with E-state index in [1.54, 1.807) is 24.0 Å². The summed E-state index contributed by atoms with van der Waals surface area (Å²) in [6, 6.07) is 4.01. The zero-order valence-corrected chi connectivity index (χ0v) is 20.8. The number of carboxylic acid groups (broad SMARTS) is 1. The van der Waals surface area contributed by atoms with Gasteiger partial charge in [0.15, 0.2) is 15.6 Å². The van der Waals surface area contributed by atoms with Gasteiger partial charge in [-0.1, -0.05) is 16.6 Å². The van der Waals surface area contributed by atoms with Crippen LogP contribution >= 0.6 is 59.1 Å². The van der Waals surface area contributed by atoms with E-state index < -0.39 is 6.09 Å². The molecule has 0 saturated heterocycles. The fraction of sp³-hybridized carbons (Fsp3) is 0.176. The minimum absolute atomic E-state index is 0.290. The Morgan fingerprint density at radius 3 is 2.60 bits per heavy atom. The van der Waals surface area contributed by atoms with Crippen LogP contribution in [0.25, 0.3) is 21.9 Å². The van der Waals surface area contributed by atoms with Crippen molar-refractivity contribution in [3.63, 3.8) is 0 Å². The molecule has 0 atom stereocenters. The third kappa shape index (κ3) is 4.24. The molecule has 9 nitrogen and oxygen atoms in total. The molecule has 0 bridgehead atoms. The Hall–Kier alpha value is -1.96. The molecule has 1 N–H and O–H groups in total. The van der Waals surface area contributed by atoms with Gasteiger partial charge in [-0.2, -0.15) is 4.98 Å². The lowest BCUT2D eigenvalue weighted by molar-refractivity contribution is 0.202. The zero-order chi connectivity index (χ0) is 21.4. The smallest absolute Gasteiger partial charge is 0.413 e. The summed E-state index contributed by atoms with van der Waals surface area (Å²) in [7, 11) is 0. The zero-order valence-electron chi connectivity index (χ0n) is 15.3. The predicted molar refractivity (Wildman–Crippen MR) is 124 cm³/mol. The topological polar surface area (TPSA) is 110 Å². The maximum Gasteiger partial charge on any atom is 0.413 e. The van der Waals surface area contributed by atoms with E-state index in [0.29, 0.717) is 40.1 Å². The normalized spacial score (nSPS) is 11.2. The number of nitrogens with zero attached hydrogens (tertiary/aromatic N) is 7. The van der Waals surface area contributed by atoms with Crippen LogP contribution in [-0.2, 0) is 6.54 Å². The highest BCUT2D eigenvalue weighted by Crippen LogP contribution is 2.32. The molecule has 0 aliphatic rings. The van der Waals surface area contributed by atoms with Gasteiger partial charge in [-0.05, 0) is 72.4 Å². The summed E-state index contributed by atoms with van der Waals surface area (Å²) in [5, 5.41) is 18.0. The van der Waals surface area contributed by atoms with Gasteiger partial charge in [-0.15, -0.1) is 5.10 Å². The molecule has 1 amide bonds. The minimum atomic E-state index is -1.06. The van der Waals surface area contributed by atoms with Crippen LogP contribution in [0, 0.1) is 0 Å². The van der Waals surface area contributed by atoms with Crippen molar-refractivity contribution in [2.45, 2.75) is 13.5 Å². The molecule has 13 heteroatoms. The first-order chi connectivity index (χ1) is 14.4.